The molecule has 1 heterocycles. The van der Waals surface area contributed by atoms with Crippen molar-refractivity contribution in [2.24, 2.45) is 0 Å². The molecule has 0 aliphatic carbocycles. The van der Waals surface area contributed by atoms with Crippen LogP contribution in [0.15, 0.2) is 57.8 Å². The van der Waals surface area contributed by atoms with Crippen molar-refractivity contribution in [2.45, 2.75) is 32.6 Å². The predicted molar refractivity (Wildman–Crippen MR) is 99.6 cm³/mol. The number of carbonyl (C=O) groups excluding carboxylic acids is 1. The highest BCUT2D eigenvalue weighted by Crippen LogP contribution is 2.29. The second-order valence-electron chi connectivity index (χ2n) is 5.22. The average Bonchev–Trinajstić information content (AvgIpc) is 2.92. The van der Waals surface area contributed by atoms with Gasteiger partial charge >= 0.3 is 0 Å². The zero-order valence-corrected chi connectivity index (χ0v) is 15.5. The Kier molecular flexibility index (Phi) is 5.64. The third-order valence-electron chi connectivity index (χ3n) is 3.52. The fraction of sp³-hybridized carbons (Fsp3) is 0.211. The summed E-state index contributed by atoms with van der Waals surface area (Å²) < 4.78 is 32.8. The van der Waals surface area contributed by atoms with Crippen molar-refractivity contribution >= 4 is 32.5 Å². The third-order valence-corrected chi connectivity index (χ3v) is 4.92. The molecule has 0 radical (unpaired) electrons. The van der Waals surface area contributed by atoms with E-state index in [0.717, 1.165) is 0 Å². The molecule has 0 bridgehead atoms. The van der Waals surface area contributed by atoms with E-state index in [0.29, 0.717) is 28.0 Å². The van der Waals surface area contributed by atoms with Gasteiger partial charge < -0.3 is 4.42 Å². The molecule has 25 heavy (non-hydrogen) atoms. The van der Waals surface area contributed by atoms with Gasteiger partial charge in [0, 0.05) is 11.1 Å². The van der Waals surface area contributed by atoms with Gasteiger partial charge in [-0.25, -0.2) is 8.42 Å². The lowest BCUT2D eigenvalue weighted by molar-refractivity contribution is 0.101. The number of ketones is 1. The second kappa shape index (κ2) is 7.53. The van der Waals surface area contributed by atoms with Crippen molar-refractivity contribution in [1.82, 2.24) is 0 Å². The van der Waals surface area contributed by atoms with E-state index in [9.17, 15) is 13.2 Å². The van der Waals surface area contributed by atoms with Gasteiger partial charge in [-0.2, -0.15) is 0 Å². The van der Waals surface area contributed by atoms with E-state index in [4.69, 9.17) is 4.42 Å². The van der Waals surface area contributed by atoms with Gasteiger partial charge in [0.05, 0.1) is 10.5 Å². The quantitative estimate of drug-likeness (QED) is 0.681. The molecule has 6 heteroatoms. The number of fused-ring (bicyclic) bond motifs is 1. The van der Waals surface area contributed by atoms with Crippen LogP contribution in [0, 0.1) is 6.92 Å². The van der Waals surface area contributed by atoms with Crippen LogP contribution < -0.4 is 4.72 Å². The maximum Gasteiger partial charge on any atom is 0.261 e. The van der Waals surface area contributed by atoms with Crippen LogP contribution in [0.25, 0.3) is 11.0 Å². The van der Waals surface area contributed by atoms with Gasteiger partial charge in [0.2, 0.25) is 0 Å². The van der Waals surface area contributed by atoms with Crippen LogP contribution >= 0.6 is 0 Å². The van der Waals surface area contributed by atoms with Gasteiger partial charge in [-0.3, -0.25) is 9.52 Å². The maximum atomic E-state index is 12.4. The number of nitrogens with one attached hydrogen (secondary N) is 1. The summed E-state index contributed by atoms with van der Waals surface area (Å²) in [6.45, 7) is 7.17. The van der Waals surface area contributed by atoms with E-state index in [1.165, 1.54) is 19.1 Å². The van der Waals surface area contributed by atoms with Gasteiger partial charge in [0.25, 0.3) is 10.0 Å². The third kappa shape index (κ3) is 3.91. The van der Waals surface area contributed by atoms with Crippen LogP contribution in [-0.2, 0) is 10.0 Å². The first-order chi connectivity index (χ1) is 11.9. The molecular formula is C19H21NO4S. The highest BCUT2D eigenvalue weighted by Gasteiger charge is 2.17. The number of carbonyl (C=O) groups is 1. The molecule has 0 aliphatic heterocycles. The number of sulfonamides is 1. The fourth-order valence-corrected chi connectivity index (χ4v) is 3.61. The molecular weight excluding hydrogens is 338 g/mol. The van der Waals surface area contributed by atoms with Crippen molar-refractivity contribution in [1.29, 1.82) is 0 Å². The number of aryl methyl sites for hydroxylation is 1. The van der Waals surface area contributed by atoms with E-state index >= 15 is 0 Å². The molecule has 0 aliphatic rings. The molecule has 0 amide bonds. The molecule has 5 nitrogen and oxygen atoms in total. The summed E-state index contributed by atoms with van der Waals surface area (Å²) in [5.74, 6) is 0.403. The first-order valence-electron chi connectivity index (χ1n) is 8.00. The largest absolute Gasteiger partial charge is 0.461 e. The van der Waals surface area contributed by atoms with Gasteiger partial charge in [-0.05, 0) is 44.2 Å². The minimum atomic E-state index is -3.67. The lowest BCUT2D eigenvalue weighted by Gasteiger charge is -2.08. The Balaban J connectivity index is 0.00000109. The lowest BCUT2D eigenvalue weighted by Crippen LogP contribution is -2.12. The van der Waals surface area contributed by atoms with Crippen molar-refractivity contribution in [3.8, 4) is 0 Å². The van der Waals surface area contributed by atoms with Gasteiger partial charge in [-0.1, -0.05) is 32.0 Å². The lowest BCUT2D eigenvalue weighted by atomic mass is 10.1. The van der Waals surface area contributed by atoms with Gasteiger partial charge in [0.15, 0.2) is 5.78 Å². The topological polar surface area (TPSA) is 76.4 Å². The van der Waals surface area contributed by atoms with E-state index in [-0.39, 0.29) is 10.7 Å². The Morgan fingerprint density at radius 1 is 1.04 bits per heavy atom. The summed E-state index contributed by atoms with van der Waals surface area (Å²) in [4.78, 5) is 11.9. The Morgan fingerprint density at radius 3 is 2.28 bits per heavy atom. The summed E-state index contributed by atoms with van der Waals surface area (Å²) >= 11 is 0. The number of hydrogen-bond acceptors (Lipinski definition) is 4. The molecule has 1 aromatic heterocycles. The molecule has 0 fully saturated rings. The average molecular weight is 359 g/mol. The number of anilines is 1. The Bertz CT molecular complexity index is 989. The normalized spacial score (nSPS) is 10.9. The van der Waals surface area contributed by atoms with Crippen molar-refractivity contribution in [2.75, 3.05) is 4.72 Å². The molecule has 0 saturated heterocycles. The highest BCUT2D eigenvalue weighted by molar-refractivity contribution is 7.92. The predicted octanol–water partition coefficient (Wildman–Crippen LogP) is 4.77. The number of rotatable bonds is 4. The highest BCUT2D eigenvalue weighted by atomic mass is 32.2. The molecule has 0 spiro atoms. The van der Waals surface area contributed by atoms with E-state index < -0.39 is 10.0 Å². The van der Waals surface area contributed by atoms with Crippen LogP contribution in [0.4, 0.5) is 5.69 Å². The van der Waals surface area contributed by atoms with Crippen molar-refractivity contribution in [3.63, 3.8) is 0 Å². The van der Waals surface area contributed by atoms with Crippen LogP contribution in [0.5, 0.6) is 0 Å². The molecule has 0 atom stereocenters. The first-order valence-corrected chi connectivity index (χ1v) is 9.49. The van der Waals surface area contributed by atoms with E-state index in [2.05, 4.69) is 4.72 Å². The molecule has 0 unspecified atom stereocenters. The summed E-state index contributed by atoms with van der Waals surface area (Å²) in [6.07, 6.45) is 0. The van der Waals surface area contributed by atoms with Crippen LogP contribution in [0.3, 0.4) is 0 Å². The standard InChI is InChI=1S/C17H15NO4S.C2H6/c1-11(19)17-12(2)22-16-9-8-13(10-15(16)17)18-23(20,21)14-6-4-3-5-7-14;1-2/h3-10,18H,1-2H3;1-2H3. The maximum absolute atomic E-state index is 12.4. The number of furan rings is 1. The summed E-state index contributed by atoms with van der Waals surface area (Å²) in [5, 5.41) is 0.600. The SMILES string of the molecule is CC.CC(=O)c1c(C)oc2ccc(NS(=O)(=O)c3ccccc3)cc12. The molecule has 3 aromatic rings. The van der Waals surface area contributed by atoms with Crippen LogP contribution in [0.1, 0.15) is 36.9 Å². The summed E-state index contributed by atoms with van der Waals surface area (Å²) in [6, 6.07) is 13.0. The van der Waals surface area contributed by atoms with Crippen molar-refractivity contribution < 1.29 is 17.6 Å². The zero-order valence-electron chi connectivity index (χ0n) is 14.7. The minimum absolute atomic E-state index is 0.121. The Morgan fingerprint density at radius 2 is 1.68 bits per heavy atom. The van der Waals surface area contributed by atoms with E-state index in [1.54, 1.807) is 43.3 Å². The first kappa shape index (κ1) is 18.7. The Hall–Kier alpha value is -2.60. The Labute approximate surface area is 147 Å². The summed E-state index contributed by atoms with van der Waals surface area (Å²) in [5.41, 5.74) is 1.40. The van der Waals surface area contributed by atoms with Crippen LogP contribution in [-0.4, -0.2) is 14.2 Å². The van der Waals surface area contributed by atoms with Gasteiger partial charge in [-0.15, -0.1) is 0 Å². The van der Waals surface area contributed by atoms with Crippen LogP contribution in [0.2, 0.25) is 0 Å². The molecule has 3 rings (SSSR count). The number of benzene rings is 2. The number of Topliss-reactive ketones (excluding diaryl/α,β-unsaturated/α-hetero) is 1. The molecule has 132 valence electrons. The summed E-state index contributed by atoms with van der Waals surface area (Å²) in [7, 11) is -3.67. The molecule has 2 aromatic carbocycles. The van der Waals surface area contributed by atoms with E-state index in [1.807, 2.05) is 13.8 Å². The second-order valence-corrected chi connectivity index (χ2v) is 6.90. The molecule has 0 saturated carbocycles. The minimum Gasteiger partial charge on any atom is -0.461 e. The fourth-order valence-electron chi connectivity index (χ4n) is 2.53. The molecule has 1 N–H and O–H groups in total. The number of hydrogen-bond donors (Lipinski definition) is 1. The van der Waals surface area contributed by atoms with Gasteiger partial charge in [0.1, 0.15) is 11.3 Å². The zero-order chi connectivity index (χ0) is 18.6. The monoisotopic (exact) mass is 359 g/mol. The smallest absolute Gasteiger partial charge is 0.261 e. The van der Waals surface area contributed by atoms with Crippen molar-refractivity contribution in [3.05, 3.63) is 59.9 Å².